The molecule has 1 heterocycles. The molecular weight excluding hydrogens is 362 g/mol. The highest BCUT2D eigenvalue weighted by atomic mass is 16.7. The molecule has 0 fully saturated rings. The van der Waals surface area contributed by atoms with Crippen molar-refractivity contribution in [3.05, 3.63) is 53.1 Å². The van der Waals surface area contributed by atoms with Gasteiger partial charge in [-0.1, -0.05) is 23.8 Å². The Bertz CT molecular complexity index is 879. The first-order chi connectivity index (χ1) is 13.5. The van der Waals surface area contributed by atoms with Gasteiger partial charge in [0.1, 0.15) is 5.75 Å². The molecule has 2 aromatic rings. The third-order valence-corrected chi connectivity index (χ3v) is 4.35. The average Bonchev–Trinajstić information content (AvgIpc) is 3.14. The van der Waals surface area contributed by atoms with E-state index in [-0.39, 0.29) is 19.1 Å². The number of carbonyl (C=O) groups excluding carboxylic acids is 2. The molecule has 1 N–H and O–H groups in total. The van der Waals surface area contributed by atoms with Crippen LogP contribution in [0.15, 0.2) is 36.4 Å². The zero-order chi connectivity index (χ0) is 20.1. The standard InChI is InChI=1S/C21H23NO6/c1-13-4-6-17(25-3)16(8-13)10-20(23)28-14(2)21(24)22-11-15-5-7-18-19(9-15)27-12-26-18/h4-9,14H,10-12H2,1-3H3,(H,22,24)/t14-/m0/s1. The van der Waals surface area contributed by atoms with E-state index in [1.165, 1.54) is 0 Å². The van der Waals surface area contributed by atoms with E-state index in [1.54, 1.807) is 26.2 Å². The molecule has 1 aliphatic heterocycles. The summed E-state index contributed by atoms with van der Waals surface area (Å²) < 4.78 is 21.1. The van der Waals surface area contributed by atoms with E-state index < -0.39 is 12.1 Å². The van der Waals surface area contributed by atoms with Crippen LogP contribution < -0.4 is 19.5 Å². The molecule has 0 unspecified atom stereocenters. The van der Waals surface area contributed by atoms with E-state index in [9.17, 15) is 9.59 Å². The van der Waals surface area contributed by atoms with Crippen LogP contribution in [-0.4, -0.2) is 31.9 Å². The zero-order valence-electron chi connectivity index (χ0n) is 16.1. The predicted octanol–water partition coefficient (Wildman–Crippen LogP) is 2.52. The number of carbonyl (C=O) groups is 2. The van der Waals surface area contributed by atoms with Gasteiger partial charge in [0.05, 0.1) is 13.5 Å². The molecule has 1 atom stereocenters. The van der Waals surface area contributed by atoms with Crippen molar-refractivity contribution in [2.24, 2.45) is 0 Å². The van der Waals surface area contributed by atoms with E-state index in [1.807, 2.05) is 31.2 Å². The van der Waals surface area contributed by atoms with Crippen LogP contribution in [0.3, 0.4) is 0 Å². The maximum absolute atomic E-state index is 12.2. The summed E-state index contributed by atoms with van der Waals surface area (Å²) in [4.78, 5) is 24.5. The maximum atomic E-state index is 12.2. The number of benzene rings is 2. The van der Waals surface area contributed by atoms with Crippen molar-refractivity contribution in [3.63, 3.8) is 0 Å². The van der Waals surface area contributed by atoms with Crippen molar-refractivity contribution in [1.82, 2.24) is 5.32 Å². The summed E-state index contributed by atoms with van der Waals surface area (Å²) in [5.74, 6) is 1.08. The van der Waals surface area contributed by atoms with Gasteiger partial charge in [0, 0.05) is 12.1 Å². The fourth-order valence-corrected chi connectivity index (χ4v) is 2.88. The summed E-state index contributed by atoms with van der Waals surface area (Å²) in [5, 5.41) is 2.75. The fraction of sp³-hybridized carbons (Fsp3) is 0.333. The molecule has 28 heavy (non-hydrogen) atoms. The molecule has 0 radical (unpaired) electrons. The normalized spacial score (nSPS) is 13.0. The number of ether oxygens (including phenoxy) is 4. The number of esters is 1. The van der Waals surface area contributed by atoms with E-state index in [0.29, 0.717) is 23.8 Å². The highest BCUT2D eigenvalue weighted by Gasteiger charge is 2.19. The first kappa shape index (κ1) is 19.5. The van der Waals surface area contributed by atoms with Gasteiger partial charge in [-0.05, 0) is 37.6 Å². The first-order valence-corrected chi connectivity index (χ1v) is 8.95. The van der Waals surface area contributed by atoms with Crippen LogP contribution in [0.1, 0.15) is 23.6 Å². The molecule has 0 bridgehead atoms. The Labute approximate surface area is 163 Å². The third-order valence-electron chi connectivity index (χ3n) is 4.35. The van der Waals surface area contributed by atoms with E-state index in [2.05, 4.69) is 5.32 Å². The number of hydrogen-bond acceptors (Lipinski definition) is 6. The first-order valence-electron chi connectivity index (χ1n) is 8.95. The molecule has 0 aliphatic carbocycles. The van der Waals surface area contributed by atoms with Crippen LogP contribution in [0.4, 0.5) is 0 Å². The summed E-state index contributed by atoms with van der Waals surface area (Å²) >= 11 is 0. The van der Waals surface area contributed by atoms with Gasteiger partial charge >= 0.3 is 5.97 Å². The van der Waals surface area contributed by atoms with Gasteiger partial charge in [-0.15, -0.1) is 0 Å². The molecule has 3 rings (SSSR count). The topological polar surface area (TPSA) is 83.1 Å². The highest BCUT2D eigenvalue weighted by molar-refractivity contribution is 5.84. The molecule has 0 saturated carbocycles. The molecule has 148 valence electrons. The smallest absolute Gasteiger partial charge is 0.311 e. The van der Waals surface area contributed by atoms with Gasteiger partial charge in [0.2, 0.25) is 6.79 Å². The lowest BCUT2D eigenvalue weighted by atomic mass is 10.1. The van der Waals surface area contributed by atoms with E-state index >= 15 is 0 Å². The lowest BCUT2D eigenvalue weighted by Gasteiger charge is -2.15. The van der Waals surface area contributed by atoms with Gasteiger partial charge in [0.25, 0.3) is 5.91 Å². The molecule has 2 aromatic carbocycles. The van der Waals surface area contributed by atoms with Crippen LogP contribution in [0.5, 0.6) is 17.2 Å². The summed E-state index contributed by atoms with van der Waals surface area (Å²) in [6, 6.07) is 11.0. The largest absolute Gasteiger partial charge is 0.496 e. The molecule has 1 aliphatic rings. The Kier molecular flexibility index (Phi) is 6.03. The summed E-state index contributed by atoms with van der Waals surface area (Å²) in [7, 11) is 1.55. The van der Waals surface area contributed by atoms with Crippen LogP contribution in [0, 0.1) is 6.92 Å². The summed E-state index contributed by atoms with van der Waals surface area (Å²) in [6.45, 7) is 3.97. The quantitative estimate of drug-likeness (QED) is 0.738. The molecule has 0 aromatic heterocycles. The minimum atomic E-state index is -0.905. The molecule has 1 amide bonds. The molecule has 7 nitrogen and oxygen atoms in total. The maximum Gasteiger partial charge on any atom is 0.311 e. The minimum absolute atomic E-state index is 0.0324. The number of methoxy groups -OCH3 is 1. The summed E-state index contributed by atoms with van der Waals surface area (Å²) in [6.07, 6.45) is -0.873. The lowest BCUT2D eigenvalue weighted by molar-refractivity contribution is -0.154. The number of hydrogen-bond donors (Lipinski definition) is 1. The summed E-state index contributed by atoms with van der Waals surface area (Å²) in [5.41, 5.74) is 2.60. The number of nitrogens with one attached hydrogen (secondary N) is 1. The van der Waals surface area contributed by atoms with Gasteiger partial charge in [-0.2, -0.15) is 0 Å². The van der Waals surface area contributed by atoms with Crippen molar-refractivity contribution in [1.29, 1.82) is 0 Å². The van der Waals surface area contributed by atoms with Gasteiger partial charge < -0.3 is 24.3 Å². The fourth-order valence-electron chi connectivity index (χ4n) is 2.88. The lowest BCUT2D eigenvalue weighted by Crippen LogP contribution is -2.35. The Morgan fingerprint density at radius 1 is 1.14 bits per heavy atom. The Hall–Kier alpha value is -3.22. The van der Waals surface area contributed by atoms with Gasteiger partial charge in [-0.25, -0.2) is 0 Å². The van der Waals surface area contributed by atoms with E-state index in [4.69, 9.17) is 18.9 Å². The molecule has 0 spiro atoms. The van der Waals surface area contributed by atoms with Crippen molar-refractivity contribution < 1.29 is 28.5 Å². The van der Waals surface area contributed by atoms with Crippen molar-refractivity contribution in [2.75, 3.05) is 13.9 Å². The second-order valence-corrected chi connectivity index (χ2v) is 6.53. The van der Waals surface area contributed by atoms with Crippen LogP contribution >= 0.6 is 0 Å². The number of fused-ring (bicyclic) bond motifs is 1. The average molecular weight is 385 g/mol. The number of aryl methyl sites for hydroxylation is 1. The number of rotatable bonds is 7. The van der Waals surface area contributed by atoms with Gasteiger partial charge in [-0.3, -0.25) is 9.59 Å². The zero-order valence-corrected chi connectivity index (χ0v) is 16.1. The van der Waals surface area contributed by atoms with Crippen LogP contribution in [0.2, 0.25) is 0 Å². The second-order valence-electron chi connectivity index (χ2n) is 6.53. The van der Waals surface area contributed by atoms with Gasteiger partial charge in [0.15, 0.2) is 17.6 Å². The third kappa shape index (κ3) is 4.73. The predicted molar refractivity (Wildman–Crippen MR) is 101 cm³/mol. The van der Waals surface area contributed by atoms with E-state index in [0.717, 1.165) is 16.7 Å². The Morgan fingerprint density at radius 2 is 1.93 bits per heavy atom. The second kappa shape index (κ2) is 8.65. The SMILES string of the molecule is COc1ccc(C)cc1CC(=O)O[C@@H](C)C(=O)NCc1ccc2c(c1)OCO2. The minimum Gasteiger partial charge on any atom is -0.496 e. The van der Waals surface area contributed by atoms with Crippen LogP contribution in [-0.2, 0) is 27.3 Å². The number of amides is 1. The Morgan fingerprint density at radius 3 is 2.71 bits per heavy atom. The van der Waals surface area contributed by atoms with Crippen molar-refractivity contribution in [3.8, 4) is 17.2 Å². The van der Waals surface area contributed by atoms with Crippen molar-refractivity contribution >= 4 is 11.9 Å². The monoisotopic (exact) mass is 385 g/mol. The molecule has 7 heteroatoms. The highest BCUT2D eigenvalue weighted by Crippen LogP contribution is 2.32. The molecule has 0 saturated heterocycles. The Balaban J connectivity index is 1.51. The van der Waals surface area contributed by atoms with Crippen molar-refractivity contribution in [2.45, 2.75) is 32.9 Å². The van der Waals surface area contributed by atoms with Crippen LogP contribution in [0.25, 0.3) is 0 Å². The molecular formula is C21H23NO6.